The normalized spacial score (nSPS) is 18.1. The number of piperazine rings is 1. The van der Waals surface area contributed by atoms with Gasteiger partial charge in [-0.15, -0.1) is 0 Å². The van der Waals surface area contributed by atoms with Crippen LogP contribution in [0.4, 0.5) is 34.5 Å². The van der Waals surface area contributed by atoms with E-state index in [9.17, 15) is 28.5 Å². The van der Waals surface area contributed by atoms with Gasteiger partial charge in [-0.1, -0.05) is 23.7 Å². The van der Waals surface area contributed by atoms with E-state index in [1.807, 2.05) is 42.5 Å². The number of ether oxygens (including phenoxy) is 1. The molecule has 1 aromatic heterocycles. The summed E-state index contributed by atoms with van der Waals surface area (Å²) in [7, 11) is -0.931. The van der Waals surface area contributed by atoms with Crippen LogP contribution >= 0.6 is 18.7 Å². The summed E-state index contributed by atoms with van der Waals surface area (Å²) in [5, 5.41) is 16.4. The summed E-state index contributed by atoms with van der Waals surface area (Å²) in [6.45, 7) is 10.6. The number of nitrogens with zero attached hydrogens (tertiary/aromatic N) is 6. The highest BCUT2D eigenvalue weighted by molar-refractivity contribution is 7.70. The van der Waals surface area contributed by atoms with Crippen LogP contribution in [0.3, 0.4) is 0 Å². The largest absolute Gasteiger partial charge is 0.494 e. The number of methoxy groups -OCH3 is 1. The summed E-state index contributed by atoms with van der Waals surface area (Å²) in [6, 6.07) is 18.0. The first-order valence-electron chi connectivity index (χ1n) is 23.2. The molecular formula is C48H59ClN11O7P. The van der Waals surface area contributed by atoms with Crippen molar-refractivity contribution < 1.29 is 33.3 Å². The van der Waals surface area contributed by atoms with Gasteiger partial charge in [0.2, 0.25) is 23.7 Å². The Morgan fingerprint density at radius 1 is 0.838 bits per heavy atom. The maximum Gasteiger partial charge on any atom is 0.262 e. The van der Waals surface area contributed by atoms with Crippen LogP contribution in [-0.2, 0) is 18.9 Å². The molecule has 0 bridgehead atoms. The molecule has 4 aromatic rings. The van der Waals surface area contributed by atoms with Crippen LogP contribution in [0.25, 0.3) is 0 Å². The fourth-order valence-corrected chi connectivity index (χ4v) is 10.5. The van der Waals surface area contributed by atoms with Crippen LogP contribution < -0.4 is 46.4 Å². The maximum atomic E-state index is 13.3. The zero-order chi connectivity index (χ0) is 48.0. The minimum Gasteiger partial charge on any atom is -0.494 e. The number of hydrogen-bond donors (Lipinski definition) is 5. The van der Waals surface area contributed by atoms with E-state index in [0.717, 1.165) is 87.8 Å². The number of aromatic nitrogens is 2. The molecule has 8 rings (SSSR count). The van der Waals surface area contributed by atoms with Crippen molar-refractivity contribution in [1.29, 1.82) is 0 Å². The molecule has 4 aliphatic heterocycles. The molecule has 4 aliphatic rings. The lowest BCUT2D eigenvalue weighted by Gasteiger charge is -2.36. The average Bonchev–Trinajstić information content (AvgIpc) is 3.58. The van der Waals surface area contributed by atoms with Crippen LogP contribution in [0.1, 0.15) is 65.7 Å². The van der Waals surface area contributed by atoms with E-state index in [1.54, 1.807) is 32.6 Å². The number of benzene rings is 3. The Labute approximate surface area is 401 Å². The van der Waals surface area contributed by atoms with Crippen LogP contribution in [0, 0.1) is 0 Å². The topological polar surface area (TPSA) is 211 Å². The Bertz CT molecular complexity index is 2600. The first-order valence-corrected chi connectivity index (χ1v) is 26.2. The number of unbranched alkanes of at least 4 members (excludes halogenated alkanes) is 1. The maximum absolute atomic E-state index is 13.3. The van der Waals surface area contributed by atoms with Gasteiger partial charge >= 0.3 is 0 Å². The average molecular weight is 968 g/mol. The second-order valence-electron chi connectivity index (χ2n) is 17.9. The van der Waals surface area contributed by atoms with Gasteiger partial charge in [0.25, 0.3) is 11.8 Å². The van der Waals surface area contributed by atoms with Crippen molar-refractivity contribution in [1.82, 2.24) is 35.7 Å². The Balaban J connectivity index is 0.702. The molecule has 0 spiro atoms. The van der Waals surface area contributed by atoms with Crippen molar-refractivity contribution in [2.45, 2.75) is 57.0 Å². The molecule has 5 N–H and O–H groups in total. The van der Waals surface area contributed by atoms with Crippen molar-refractivity contribution in [2.75, 3.05) is 99.8 Å². The third-order valence-corrected chi connectivity index (χ3v) is 14.8. The van der Waals surface area contributed by atoms with E-state index < -0.39 is 36.8 Å². The predicted octanol–water partition coefficient (Wildman–Crippen LogP) is 4.94. The summed E-state index contributed by atoms with van der Waals surface area (Å²) in [4.78, 5) is 79.9. The number of amides is 5. The molecular weight excluding hydrogens is 909 g/mol. The standard InChI is InChI=1S/C48H59ClN11O7P/c1-67-40-29-33(12-14-37(40)54-48-52-30-36(49)44(56-48)53-38-8-4-5-9-41(38)68(2,3)66)58-22-17-31(18-23-58)50-19-20-51-42(61)10-6-7-21-57-24-26-59(27-25-57)32-11-13-34-35(28-32)47(65)60(46(34)64)39-15-16-43(62)55-45(39)63/h4-5,8-9,11-14,28-31,39,50H,6-7,10,15-27H2,1-3H3,(H,51,61)(H,55,62,63)(H2,52,53,54,56). The lowest BCUT2D eigenvalue weighted by Crippen LogP contribution is -2.54. The number of carbonyl (C=O) groups excluding carboxylic acids is 5. The van der Waals surface area contributed by atoms with Crippen LogP contribution in [0.15, 0.2) is 66.9 Å². The van der Waals surface area contributed by atoms with Crippen molar-refractivity contribution >= 4 is 88.1 Å². The second-order valence-corrected chi connectivity index (χ2v) is 21.5. The number of imide groups is 2. The highest BCUT2D eigenvalue weighted by atomic mass is 35.5. The van der Waals surface area contributed by atoms with Gasteiger partial charge in [-0.2, -0.15) is 4.98 Å². The van der Waals surface area contributed by atoms with Crippen molar-refractivity contribution in [3.63, 3.8) is 0 Å². The molecule has 0 saturated carbocycles. The lowest BCUT2D eigenvalue weighted by atomic mass is 10.0. The summed E-state index contributed by atoms with van der Waals surface area (Å²) in [6.07, 6.45) is 5.85. The highest BCUT2D eigenvalue weighted by Crippen LogP contribution is 2.39. The van der Waals surface area contributed by atoms with E-state index in [0.29, 0.717) is 64.8 Å². The molecule has 0 radical (unpaired) electrons. The molecule has 1 unspecified atom stereocenters. The molecule has 360 valence electrons. The highest BCUT2D eigenvalue weighted by Gasteiger charge is 2.45. The first kappa shape index (κ1) is 48.4. The summed E-state index contributed by atoms with van der Waals surface area (Å²) in [5.74, 6) is -0.612. The quantitative estimate of drug-likeness (QED) is 0.0508. The molecule has 3 fully saturated rings. The van der Waals surface area contributed by atoms with E-state index >= 15 is 0 Å². The van der Waals surface area contributed by atoms with Crippen LogP contribution in [-0.4, -0.2) is 141 Å². The smallest absolute Gasteiger partial charge is 0.262 e. The fourth-order valence-electron chi connectivity index (χ4n) is 9.21. The van der Waals surface area contributed by atoms with Gasteiger partial charge in [-0.3, -0.25) is 39.1 Å². The second kappa shape index (κ2) is 21.5. The van der Waals surface area contributed by atoms with E-state index in [-0.39, 0.29) is 29.9 Å². The fraction of sp³-hybridized carbons (Fsp3) is 0.438. The number of hydrogen-bond acceptors (Lipinski definition) is 15. The summed E-state index contributed by atoms with van der Waals surface area (Å²) >= 11 is 6.47. The first-order chi connectivity index (χ1) is 32.7. The summed E-state index contributed by atoms with van der Waals surface area (Å²) < 4.78 is 18.7. The van der Waals surface area contributed by atoms with E-state index in [4.69, 9.17) is 16.3 Å². The Morgan fingerprint density at radius 3 is 2.31 bits per heavy atom. The molecule has 5 amide bonds. The van der Waals surface area contributed by atoms with Crippen molar-refractivity contribution in [3.05, 3.63) is 83.0 Å². The Kier molecular flexibility index (Phi) is 15.3. The Hall–Kier alpha value is -6.07. The Morgan fingerprint density at radius 2 is 1.56 bits per heavy atom. The number of anilines is 6. The molecule has 3 aromatic carbocycles. The molecule has 18 nitrogen and oxygen atoms in total. The minimum absolute atomic E-state index is 0.0608. The minimum atomic E-state index is -2.56. The molecule has 1 atom stereocenters. The number of rotatable bonds is 18. The molecule has 20 heteroatoms. The SMILES string of the molecule is COc1cc(N2CCC(NCCNC(=O)CCCCN3CCN(c4ccc5c(c4)C(=O)N(C4CCC(=O)NC4=O)C5=O)CC3)CC2)ccc1Nc1ncc(Cl)c(Nc2ccccc2P(C)(C)=O)n1. The molecule has 0 aliphatic carbocycles. The third kappa shape index (κ3) is 11.4. The van der Waals surface area contributed by atoms with Gasteiger partial charge in [-0.25, -0.2) is 4.98 Å². The third-order valence-electron chi connectivity index (χ3n) is 12.9. The zero-order valence-electron chi connectivity index (χ0n) is 38.7. The number of piperidine rings is 2. The number of carbonyl (C=O) groups is 5. The van der Waals surface area contributed by atoms with Crippen LogP contribution in [0.5, 0.6) is 5.75 Å². The molecule has 3 saturated heterocycles. The van der Waals surface area contributed by atoms with Gasteiger partial charge < -0.3 is 40.4 Å². The molecule has 68 heavy (non-hydrogen) atoms. The molecule has 5 heterocycles. The van der Waals surface area contributed by atoms with Gasteiger partial charge in [0.1, 0.15) is 24.0 Å². The lowest BCUT2D eigenvalue weighted by molar-refractivity contribution is -0.136. The van der Waals surface area contributed by atoms with Crippen molar-refractivity contribution in [2.24, 2.45) is 0 Å². The number of nitrogens with one attached hydrogen (secondary N) is 5. The monoisotopic (exact) mass is 967 g/mol. The van der Waals surface area contributed by atoms with E-state index in [1.165, 1.54) is 6.20 Å². The summed E-state index contributed by atoms with van der Waals surface area (Å²) in [5.41, 5.74) is 3.84. The predicted molar refractivity (Wildman–Crippen MR) is 264 cm³/mol. The zero-order valence-corrected chi connectivity index (χ0v) is 40.3. The van der Waals surface area contributed by atoms with Gasteiger partial charge in [-0.05, 0) is 94.4 Å². The van der Waals surface area contributed by atoms with E-state index in [2.05, 4.69) is 57.3 Å². The van der Waals surface area contributed by atoms with Crippen LogP contribution in [0.2, 0.25) is 5.02 Å². The number of halogens is 1. The van der Waals surface area contributed by atoms with Gasteiger partial charge in [0.15, 0.2) is 5.82 Å². The van der Waals surface area contributed by atoms with Gasteiger partial charge in [0, 0.05) is 94.0 Å². The number of fused-ring (bicyclic) bond motifs is 1. The number of para-hydroxylation sites is 1. The van der Waals surface area contributed by atoms with Gasteiger partial charge in [0.05, 0.1) is 35.8 Å². The van der Waals surface area contributed by atoms with Crippen molar-refractivity contribution in [3.8, 4) is 5.75 Å².